The van der Waals surface area contributed by atoms with E-state index in [1.165, 1.54) is 22.2 Å². The minimum atomic E-state index is -5.02. The second kappa shape index (κ2) is 12.2. The topological polar surface area (TPSA) is 114 Å². The third kappa shape index (κ3) is 7.14. The number of carbonyl (C=O) groups is 2. The van der Waals surface area contributed by atoms with E-state index in [2.05, 4.69) is 15.1 Å². The summed E-state index contributed by atoms with van der Waals surface area (Å²) in [4.78, 5) is 36.0. The molecule has 0 spiro atoms. The predicted molar refractivity (Wildman–Crippen MR) is 147 cm³/mol. The Kier molecular flexibility index (Phi) is 8.68. The maximum atomic E-state index is 13.6. The number of halogens is 6. The molecule has 2 atom stereocenters. The molecule has 1 aliphatic heterocycles. The summed E-state index contributed by atoms with van der Waals surface area (Å²) in [5, 5.41) is 13.2. The molecule has 1 aliphatic carbocycles. The standard InChI is InChI=1S/C29H30F6N6O4/c1-3-22-9-23(15-41(22)27(44)45-24-6-17(7-24)25(42)43)40(26-36-10-18(11-37-26)19-12-38-39(2)14-19)13-16-4-20(28(30,31)32)8-21(5-16)29(33,34)35/h4-5,8,10-12,14,17,22-24H,3,6-7,9,13,15H2,1-2H3,(H,42,43)/t17?,22-,23+,24?/m1/s1. The van der Waals surface area contributed by atoms with Gasteiger partial charge in [-0.3, -0.25) is 9.48 Å². The Morgan fingerprint density at radius 2 is 1.60 bits per heavy atom. The SMILES string of the molecule is CC[C@@H]1C[C@H](N(Cc2cc(C(F)(F)F)cc(C(F)(F)F)c2)c2ncc(-c3cnn(C)c3)cn2)CN1C(=O)OC1CC(C(=O)O)C1. The summed E-state index contributed by atoms with van der Waals surface area (Å²) in [7, 11) is 1.72. The number of benzene rings is 1. The molecule has 3 aromatic rings. The lowest BCUT2D eigenvalue weighted by molar-refractivity contribution is -0.149. The van der Waals surface area contributed by atoms with Crippen molar-refractivity contribution in [3.63, 3.8) is 0 Å². The summed E-state index contributed by atoms with van der Waals surface area (Å²) in [6, 6.07) is 0.453. The number of alkyl halides is 6. The van der Waals surface area contributed by atoms with Crippen LogP contribution < -0.4 is 4.90 Å². The van der Waals surface area contributed by atoms with Gasteiger partial charge >= 0.3 is 24.4 Å². The average Bonchev–Trinajstić information content (AvgIpc) is 3.58. The summed E-state index contributed by atoms with van der Waals surface area (Å²) in [6.07, 6.45) is -3.81. The van der Waals surface area contributed by atoms with Crippen LogP contribution in [0.1, 0.15) is 49.3 Å². The number of hydrogen-bond acceptors (Lipinski definition) is 7. The second-order valence-corrected chi connectivity index (χ2v) is 11.3. The molecule has 0 unspecified atom stereocenters. The molecule has 10 nitrogen and oxygen atoms in total. The summed E-state index contributed by atoms with van der Waals surface area (Å²) >= 11 is 0. The van der Waals surface area contributed by atoms with Crippen LogP contribution in [0.25, 0.3) is 11.1 Å². The summed E-state index contributed by atoms with van der Waals surface area (Å²) in [5.74, 6) is -1.51. The molecule has 0 bridgehead atoms. The van der Waals surface area contributed by atoms with Crippen molar-refractivity contribution in [2.24, 2.45) is 13.0 Å². The van der Waals surface area contributed by atoms with Crippen LogP contribution in [0.15, 0.2) is 43.0 Å². The summed E-state index contributed by atoms with van der Waals surface area (Å²) in [5.41, 5.74) is -1.86. The van der Waals surface area contributed by atoms with Gasteiger partial charge in [-0.2, -0.15) is 31.4 Å². The first-order valence-electron chi connectivity index (χ1n) is 14.2. The lowest BCUT2D eigenvalue weighted by Gasteiger charge is -2.34. The number of hydrogen-bond donors (Lipinski definition) is 1. The number of likely N-dealkylation sites (tertiary alicyclic amines) is 1. The molecule has 0 radical (unpaired) electrons. The van der Waals surface area contributed by atoms with Gasteiger partial charge in [-0.05, 0) is 49.4 Å². The van der Waals surface area contributed by atoms with Crippen molar-refractivity contribution in [3.8, 4) is 11.1 Å². The molecule has 16 heteroatoms. The van der Waals surface area contributed by atoms with Crippen LogP contribution >= 0.6 is 0 Å². The molecule has 242 valence electrons. The van der Waals surface area contributed by atoms with Crippen molar-refractivity contribution in [1.82, 2.24) is 24.6 Å². The molecule has 2 aliphatic rings. The first kappa shape index (κ1) is 32.0. The summed E-state index contributed by atoms with van der Waals surface area (Å²) < 4.78 is 89.0. The van der Waals surface area contributed by atoms with E-state index in [0.717, 1.165) is 0 Å². The predicted octanol–water partition coefficient (Wildman–Crippen LogP) is 5.77. The Morgan fingerprint density at radius 1 is 0.978 bits per heavy atom. The van der Waals surface area contributed by atoms with Gasteiger partial charge in [-0.25, -0.2) is 14.8 Å². The van der Waals surface area contributed by atoms with E-state index in [0.29, 0.717) is 36.1 Å². The Bertz CT molecular complexity index is 1500. The lowest BCUT2D eigenvalue weighted by atomic mass is 9.82. The third-order valence-electron chi connectivity index (χ3n) is 8.18. The zero-order valence-corrected chi connectivity index (χ0v) is 24.2. The fraction of sp³-hybridized carbons (Fsp3) is 0.483. The highest BCUT2D eigenvalue weighted by molar-refractivity contribution is 5.72. The van der Waals surface area contributed by atoms with E-state index in [9.17, 15) is 35.9 Å². The molecular formula is C29H30F6N6O4. The number of aryl methyl sites for hydroxylation is 1. The van der Waals surface area contributed by atoms with Crippen LogP contribution in [0, 0.1) is 5.92 Å². The average molecular weight is 641 g/mol. The quantitative estimate of drug-likeness (QED) is 0.309. The highest BCUT2D eigenvalue weighted by Gasteiger charge is 2.43. The molecule has 45 heavy (non-hydrogen) atoms. The zero-order chi connectivity index (χ0) is 32.7. The number of ether oxygens (including phenoxy) is 1. The Labute approximate surface area is 253 Å². The van der Waals surface area contributed by atoms with Crippen molar-refractivity contribution in [3.05, 3.63) is 59.7 Å². The van der Waals surface area contributed by atoms with E-state index in [-0.39, 0.29) is 43.0 Å². The van der Waals surface area contributed by atoms with Gasteiger partial charge in [0, 0.05) is 55.9 Å². The van der Waals surface area contributed by atoms with Gasteiger partial charge in [0.2, 0.25) is 5.95 Å². The number of anilines is 1. The van der Waals surface area contributed by atoms with Gasteiger partial charge in [-0.1, -0.05) is 6.92 Å². The number of aromatic nitrogens is 4. The number of carboxylic acid groups (broad SMARTS) is 1. The minimum Gasteiger partial charge on any atom is -0.481 e. The van der Waals surface area contributed by atoms with Crippen molar-refractivity contribution in [1.29, 1.82) is 0 Å². The van der Waals surface area contributed by atoms with Crippen molar-refractivity contribution >= 4 is 18.0 Å². The molecule has 2 aromatic heterocycles. The van der Waals surface area contributed by atoms with Crippen molar-refractivity contribution < 1.29 is 45.8 Å². The zero-order valence-electron chi connectivity index (χ0n) is 24.2. The van der Waals surface area contributed by atoms with Crippen LogP contribution in [0.2, 0.25) is 0 Å². The monoisotopic (exact) mass is 640 g/mol. The normalized spacial score (nSPS) is 21.8. The Hall–Kier alpha value is -4.37. The second-order valence-electron chi connectivity index (χ2n) is 11.3. The lowest BCUT2D eigenvalue weighted by Crippen LogP contribution is -2.44. The molecule has 1 saturated heterocycles. The number of aliphatic carboxylic acids is 1. The highest BCUT2D eigenvalue weighted by atomic mass is 19.4. The molecule has 3 heterocycles. The van der Waals surface area contributed by atoms with Crippen LogP contribution in [-0.2, 0) is 35.5 Å². The number of carbonyl (C=O) groups excluding carboxylic acids is 1. The molecule has 1 amide bonds. The van der Waals surface area contributed by atoms with Gasteiger partial charge in [0.15, 0.2) is 0 Å². The van der Waals surface area contributed by atoms with Gasteiger partial charge in [0.1, 0.15) is 6.10 Å². The first-order valence-corrected chi connectivity index (χ1v) is 14.2. The molecule has 2 fully saturated rings. The number of amides is 1. The van der Waals surface area contributed by atoms with Crippen molar-refractivity contribution in [2.75, 3.05) is 11.4 Å². The van der Waals surface area contributed by atoms with Gasteiger partial charge < -0.3 is 19.6 Å². The molecule has 5 rings (SSSR count). The maximum Gasteiger partial charge on any atom is 0.416 e. The fourth-order valence-electron chi connectivity index (χ4n) is 5.66. The largest absolute Gasteiger partial charge is 0.481 e. The van der Waals surface area contributed by atoms with Crippen LogP contribution in [0.4, 0.5) is 37.1 Å². The highest BCUT2D eigenvalue weighted by Crippen LogP contribution is 2.38. The van der Waals surface area contributed by atoms with Crippen LogP contribution in [0.3, 0.4) is 0 Å². The van der Waals surface area contributed by atoms with Gasteiger partial charge in [0.05, 0.1) is 29.3 Å². The van der Waals surface area contributed by atoms with Crippen molar-refractivity contribution in [2.45, 2.75) is 69.7 Å². The van der Waals surface area contributed by atoms with Crippen LogP contribution in [-0.4, -0.2) is 66.5 Å². The molecule has 1 N–H and O–H groups in total. The smallest absolute Gasteiger partial charge is 0.416 e. The first-order chi connectivity index (χ1) is 21.1. The number of rotatable bonds is 8. The van der Waals surface area contributed by atoms with Crippen LogP contribution in [0.5, 0.6) is 0 Å². The molecule has 1 aromatic carbocycles. The Morgan fingerprint density at radius 3 is 2.11 bits per heavy atom. The van der Waals surface area contributed by atoms with E-state index in [1.54, 1.807) is 24.1 Å². The maximum absolute atomic E-state index is 13.6. The van der Waals surface area contributed by atoms with E-state index >= 15 is 0 Å². The summed E-state index contributed by atoms with van der Waals surface area (Å²) in [6.45, 7) is 1.46. The van der Waals surface area contributed by atoms with E-state index < -0.39 is 60.2 Å². The van der Waals surface area contributed by atoms with E-state index in [4.69, 9.17) is 9.84 Å². The van der Waals surface area contributed by atoms with Gasteiger partial charge in [0.25, 0.3) is 0 Å². The molecular weight excluding hydrogens is 610 g/mol. The number of carboxylic acids is 1. The molecule has 1 saturated carbocycles. The fourth-order valence-corrected chi connectivity index (χ4v) is 5.66. The number of nitrogens with zero attached hydrogens (tertiary/aromatic N) is 6. The third-order valence-corrected chi connectivity index (χ3v) is 8.18. The van der Waals surface area contributed by atoms with Gasteiger partial charge in [-0.15, -0.1) is 0 Å². The minimum absolute atomic E-state index is 0.0330. The van der Waals surface area contributed by atoms with E-state index in [1.807, 2.05) is 6.92 Å². The Balaban J connectivity index is 1.45.